The molecule has 10 heteroatoms. The highest BCUT2D eigenvalue weighted by molar-refractivity contribution is 7.90. The van der Waals surface area contributed by atoms with Gasteiger partial charge in [0.05, 0.1) is 23.7 Å². The molecular weight excluding hydrogens is 500 g/mol. The van der Waals surface area contributed by atoms with Gasteiger partial charge in [0.1, 0.15) is 5.76 Å². The SMILES string of the molecule is Cc1ccc([C@@H](c2nnnn2CS(=O)(=O)c2ccc(C)cc2)N(Cc2cccnc2)Cc2ccco2)cc1. The Morgan fingerprint density at radius 1 is 0.921 bits per heavy atom. The molecule has 9 nitrogen and oxygen atoms in total. The van der Waals surface area contributed by atoms with Crippen LogP contribution in [0.4, 0.5) is 0 Å². The van der Waals surface area contributed by atoms with Crippen molar-refractivity contribution in [2.24, 2.45) is 0 Å². The highest BCUT2D eigenvalue weighted by Crippen LogP contribution is 2.31. The van der Waals surface area contributed by atoms with Crippen molar-refractivity contribution < 1.29 is 12.8 Å². The first-order valence-electron chi connectivity index (χ1n) is 12.2. The molecule has 38 heavy (non-hydrogen) atoms. The number of benzene rings is 2. The third-order valence-electron chi connectivity index (χ3n) is 6.28. The van der Waals surface area contributed by atoms with Crippen molar-refractivity contribution in [2.45, 2.75) is 43.8 Å². The Bertz CT molecular complexity index is 1570. The second-order valence-electron chi connectivity index (χ2n) is 9.25. The summed E-state index contributed by atoms with van der Waals surface area (Å²) in [5.41, 5.74) is 4.01. The van der Waals surface area contributed by atoms with E-state index in [0.717, 1.165) is 28.0 Å². The van der Waals surface area contributed by atoms with Crippen LogP contribution in [-0.4, -0.2) is 38.5 Å². The lowest BCUT2D eigenvalue weighted by molar-refractivity contribution is 0.180. The molecular formula is C28H28N6O3S. The molecule has 0 spiro atoms. The van der Waals surface area contributed by atoms with Crippen molar-refractivity contribution in [3.63, 3.8) is 0 Å². The lowest BCUT2D eigenvalue weighted by Crippen LogP contribution is -2.32. The molecule has 3 heterocycles. The van der Waals surface area contributed by atoms with Gasteiger partial charge >= 0.3 is 0 Å². The summed E-state index contributed by atoms with van der Waals surface area (Å²) in [6.07, 6.45) is 5.18. The summed E-state index contributed by atoms with van der Waals surface area (Å²) in [7, 11) is -3.71. The number of pyridine rings is 1. The van der Waals surface area contributed by atoms with Crippen molar-refractivity contribution in [1.82, 2.24) is 30.1 Å². The van der Waals surface area contributed by atoms with E-state index < -0.39 is 15.9 Å². The van der Waals surface area contributed by atoms with Gasteiger partial charge in [-0.3, -0.25) is 9.88 Å². The van der Waals surface area contributed by atoms with Gasteiger partial charge in [-0.05, 0) is 65.7 Å². The van der Waals surface area contributed by atoms with Gasteiger partial charge in [0.15, 0.2) is 21.5 Å². The minimum Gasteiger partial charge on any atom is -0.468 e. The molecule has 3 aromatic heterocycles. The Labute approximate surface area is 221 Å². The molecule has 5 aromatic rings. The maximum Gasteiger partial charge on any atom is 0.198 e. The maximum atomic E-state index is 13.3. The van der Waals surface area contributed by atoms with E-state index in [4.69, 9.17) is 4.42 Å². The average molecular weight is 529 g/mol. The van der Waals surface area contributed by atoms with Gasteiger partial charge in [-0.1, -0.05) is 53.6 Å². The molecule has 0 saturated carbocycles. The summed E-state index contributed by atoms with van der Waals surface area (Å²) in [5, 5.41) is 12.4. The molecule has 0 aliphatic heterocycles. The zero-order valence-corrected chi connectivity index (χ0v) is 22.0. The van der Waals surface area contributed by atoms with Gasteiger partial charge in [-0.25, -0.2) is 13.1 Å². The molecule has 0 saturated heterocycles. The van der Waals surface area contributed by atoms with E-state index in [0.29, 0.717) is 18.9 Å². The minimum absolute atomic E-state index is 0.222. The molecule has 0 N–H and O–H groups in total. The fourth-order valence-electron chi connectivity index (χ4n) is 4.32. The van der Waals surface area contributed by atoms with E-state index in [1.165, 1.54) is 4.68 Å². The number of hydrogen-bond acceptors (Lipinski definition) is 8. The van der Waals surface area contributed by atoms with Crippen LogP contribution in [0, 0.1) is 13.8 Å². The van der Waals surface area contributed by atoms with Crippen LogP contribution in [0.2, 0.25) is 0 Å². The highest BCUT2D eigenvalue weighted by Gasteiger charge is 2.31. The standard InChI is InChI=1S/C28H28N6O3S/c1-21-7-11-24(12-8-21)27(33(19-25-6-4-16-37-25)18-23-5-3-15-29-17-23)28-30-31-32-34(28)20-38(35,36)26-13-9-22(2)10-14-26/h3-17,27H,18-20H2,1-2H3/t27-/m0/s1. The van der Waals surface area contributed by atoms with Gasteiger partial charge in [0, 0.05) is 18.9 Å². The molecule has 0 aliphatic carbocycles. The largest absolute Gasteiger partial charge is 0.468 e. The molecule has 2 aromatic carbocycles. The molecule has 0 fully saturated rings. The van der Waals surface area contributed by atoms with E-state index in [-0.39, 0.29) is 10.8 Å². The third kappa shape index (κ3) is 5.87. The Morgan fingerprint density at radius 2 is 1.66 bits per heavy atom. The summed E-state index contributed by atoms with van der Waals surface area (Å²) in [6.45, 7) is 4.88. The second kappa shape index (κ2) is 11.1. The number of aryl methyl sites for hydroxylation is 2. The van der Waals surface area contributed by atoms with Crippen molar-refractivity contribution in [3.8, 4) is 0 Å². The average Bonchev–Trinajstić information content (AvgIpc) is 3.58. The van der Waals surface area contributed by atoms with Crippen LogP contribution in [0.25, 0.3) is 0 Å². The predicted molar refractivity (Wildman–Crippen MR) is 141 cm³/mol. The van der Waals surface area contributed by atoms with Crippen molar-refractivity contribution in [1.29, 1.82) is 0 Å². The zero-order valence-electron chi connectivity index (χ0n) is 21.2. The summed E-state index contributed by atoms with van der Waals surface area (Å²) < 4.78 is 33.7. The van der Waals surface area contributed by atoms with Crippen LogP contribution < -0.4 is 0 Å². The normalized spacial score (nSPS) is 12.6. The lowest BCUT2D eigenvalue weighted by atomic mass is 10.0. The monoisotopic (exact) mass is 528 g/mol. The Balaban J connectivity index is 1.58. The Morgan fingerprint density at radius 3 is 2.32 bits per heavy atom. The van der Waals surface area contributed by atoms with Crippen LogP contribution in [0.15, 0.2) is 101 Å². The third-order valence-corrected chi connectivity index (χ3v) is 7.86. The quantitative estimate of drug-likeness (QED) is 0.261. The van der Waals surface area contributed by atoms with E-state index in [9.17, 15) is 8.42 Å². The Kier molecular flexibility index (Phi) is 7.43. The van der Waals surface area contributed by atoms with Gasteiger partial charge in [-0.15, -0.1) is 5.10 Å². The molecule has 194 valence electrons. The first-order valence-corrected chi connectivity index (χ1v) is 13.8. The number of nitrogens with zero attached hydrogens (tertiary/aromatic N) is 6. The van der Waals surface area contributed by atoms with Crippen molar-refractivity contribution in [2.75, 3.05) is 0 Å². The molecule has 1 atom stereocenters. The van der Waals surface area contributed by atoms with Crippen LogP contribution in [-0.2, 0) is 28.8 Å². The maximum absolute atomic E-state index is 13.3. The van der Waals surface area contributed by atoms with Crippen LogP contribution in [0.3, 0.4) is 0 Å². The van der Waals surface area contributed by atoms with Crippen LogP contribution in [0.1, 0.15) is 39.9 Å². The van der Waals surface area contributed by atoms with E-state index in [2.05, 4.69) is 25.4 Å². The first kappa shape index (κ1) is 25.5. The summed E-state index contributed by atoms with van der Waals surface area (Å²) in [4.78, 5) is 6.65. The van der Waals surface area contributed by atoms with Crippen LogP contribution in [0.5, 0.6) is 0 Å². The summed E-state index contributed by atoms with van der Waals surface area (Å²) in [6, 6.07) is 22.0. The lowest BCUT2D eigenvalue weighted by Gasteiger charge is -2.30. The second-order valence-corrected chi connectivity index (χ2v) is 11.2. The number of sulfone groups is 1. The van der Waals surface area contributed by atoms with E-state index >= 15 is 0 Å². The highest BCUT2D eigenvalue weighted by atomic mass is 32.2. The van der Waals surface area contributed by atoms with Crippen LogP contribution >= 0.6 is 0 Å². The number of rotatable bonds is 10. The fourth-order valence-corrected chi connectivity index (χ4v) is 5.53. The molecule has 0 bridgehead atoms. The predicted octanol–water partition coefficient (Wildman–Crippen LogP) is 4.50. The smallest absolute Gasteiger partial charge is 0.198 e. The van der Waals surface area contributed by atoms with Gasteiger partial charge in [0.25, 0.3) is 0 Å². The van der Waals surface area contributed by atoms with Gasteiger partial charge in [-0.2, -0.15) is 0 Å². The van der Waals surface area contributed by atoms with Crippen molar-refractivity contribution >= 4 is 9.84 Å². The summed E-state index contributed by atoms with van der Waals surface area (Å²) >= 11 is 0. The topological polar surface area (TPSA) is 107 Å². The van der Waals surface area contributed by atoms with Crippen molar-refractivity contribution in [3.05, 3.63) is 125 Å². The zero-order chi connectivity index (χ0) is 26.5. The molecule has 0 radical (unpaired) electrons. The fraction of sp³-hybridized carbons (Fsp3) is 0.214. The number of tetrazole rings is 1. The van der Waals surface area contributed by atoms with E-state index in [1.807, 2.05) is 68.6 Å². The number of hydrogen-bond donors (Lipinski definition) is 0. The molecule has 0 unspecified atom stereocenters. The van der Waals surface area contributed by atoms with E-state index in [1.54, 1.807) is 36.7 Å². The molecule has 5 rings (SSSR count). The molecule has 0 aliphatic rings. The van der Waals surface area contributed by atoms with Gasteiger partial charge < -0.3 is 4.42 Å². The van der Waals surface area contributed by atoms with Gasteiger partial charge in [0.2, 0.25) is 0 Å². The number of furan rings is 1. The summed E-state index contributed by atoms with van der Waals surface area (Å²) in [5.74, 6) is 0.791. The molecule has 0 amide bonds. The number of aromatic nitrogens is 5. The minimum atomic E-state index is -3.71. The Hall–Kier alpha value is -4.15. The first-order chi connectivity index (χ1) is 18.4.